The van der Waals surface area contributed by atoms with Gasteiger partial charge in [0.05, 0.1) is 26.3 Å². The van der Waals surface area contributed by atoms with E-state index in [1.165, 1.54) is 49.7 Å². The Balaban J connectivity index is 1.38. The van der Waals surface area contributed by atoms with E-state index >= 15 is 0 Å². The van der Waals surface area contributed by atoms with Crippen LogP contribution in [0.15, 0.2) is 48.5 Å². The molecule has 0 saturated carbocycles. The number of nitrogens with zero attached hydrogens (tertiary/aromatic N) is 2. The average Bonchev–Trinajstić information content (AvgIpc) is 2.95. The topological polar surface area (TPSA) is 66.1 Å². The molecule has 2 aromatic carbocycles. The Labute approximate surface area is 216 Å². The van der Waals surface area contributed by atoms with Gasteiger partial charge in [-0.3, -0.25) is 9.80 Å². The molecule has 0 unspecified atom stereocenters. The summed E-state index contributed by atoms with van der Waals surface area (Å²) in [4.78, 5) is 18.0. The first kappa shape index (κ1) is 26.3. The number of likely N-dealkylation sites (tertiary alicyclic amines) is 2. The zero-order valence-electron chi connectivity index (χ0n) is 21.9. The Bertz CT molecular complexity index is 847. The highest BCUT2D eigenvalue weighted by atomic mass is 16.5. The van der Waals surface area contributed by atoms with Gasteiger partial charge in [-0.25, -0.2) is 4.79 Å². The number of carbonyl (C=O) groups excluding carboxylic acids is 1. The molecule has 36 heavy (non-hydrogen) atoms. The summed E-state index contributed by atoms with van der Waals surface area (Å²) in [7, 11) is 3.37. The zero-order valence-corrected chi connectivity index (χ0v) is 21.9. The number of rotatable bonds is 10. The number of nitrogens with one attached hydrogen (secondary N) is 2. The minimum Gasteiger partial charge on any atom is -0.497 e. The predicted molar refractivity (Wildman–Crippen MR) is 144 cm³/mol. The van der Waals surface area contributed by atoms with Crippen LogP contribution in [0.2, 0.25) is 0 Å². The largest absolute Gasteiger partial charge is 0.497 e. The number of urea groups is 1. The number of hydrogen-bond acceptors (Lipinski definition) is 5. The molecule has 0 spiro atoms. The van der Waals surface area contributed by atoms with E-state index < -0.39 is 0 Å². The molecular weight excluding hydrogens is 452 g/mol. The van der Waals surface area contributed by atoms with Crippen molar-refractivity contribution in [2.75, 3.05) is 53.5 Å². The van der Waals surface area contributed by atoms with E-state index in [-0.39, 0.29) is 18.1 Å². The van der Waals surface area contributed by atoms with Gasteiger partial charge in [0.25, 0.3) is 0 Å². The lowest BCUT2D eigenvalue weighted by Crippen LogP contribution is -2.46. The van der Waals surface area contributed by atoms with E-state index in [4.69, 9.17) is 9.47 Å². The standard InChI is InChI=1S/C29H42N4O3/c1-35-25-13-9-23(10-14-25)27(32-17-5-3-6-18-32)21-30-29(34)31-22-28(33-19-7-4-8-20-33)24-11-15-26(36-2)16-12-24/h9-16,27-28H,3-8,17-22H2,1-2H3,(H2,30,31,34)/t27-,28-/m0/s1. The lowest BCUT2D eigenvalue weighted by atomic mass is 10.0. The fourth-order valence-corrected chi connectivity index (χ4v) is 5.47. The third-order valence-corrected chi connectivity index (χ3v) is 7.58. The van der Waals surface area contributed by atoms with Crippen LogP contribution in [0.4, 0.5) is 4.79 Å². The van der Waals surface area contributed by atoms with Crippen LogP contribution in [-0.2, 0) is 0 Å². The van der Waals surface area contributed by atoms with Crippen LogP contribution in [0.1, 0.15) is 61.7 Å². The molecule has 2 aliphatic heterocycles. The molecule has 0 bridgehead atoms. The number of methoxy groups -OCH3 is 2. The summed E-state index contributed by atoms with van der Waals surface area (Å²) >= 11 is 0. The SMILES string of the molecule is COc1ccc([C@H](CNC(=O)NC[C@@H](c2ccc(OC)cc2)N2CCCCC2)N2CCCCC2)cc1. The molecule has 2 aromatic rings. The molecule has 2 N–H and O–H groups in total. The van der Waals surface area contributed by atoms with Crippen molar-refractivity contribution in [1.29, 1.82) is 0 Å². The van der Waals surface area contributed by atoms with Crippen molar-refractivity contribution in [2.24, 2.45) is 0 Å². The van der Waals surface area contributed by atoms with Crippen molar-refractivity contribution in [2.45, 2.75) is 50.6 Å². The second kappa shape index (κ2) is 13.5. The molecule has 0 aliphatic carbocycles. The lowest BCUT2D eigenvalue weighted by Gasteiger charge is -2.36. The second-order valence-corrected chi connectivity index (χ2v) is 9.86. The van der Waals surface area contributed by atoms with Gasteiger partial charge < -0.3 is 20.1 Å². The van der Waals surface area contributed by atoms with Crippen LogP contribution in [0.3, 0.4) is 0 Å². The normalized spacial score (nSPS) is 18.7. The van der Waals surface area contributed by atoms with E-state index in [0.717, 1.165) is 37.7 Å². The van der Waals surface area contributed by atoms with E-state index in [0.29, 0.717) is 13.1 Å². The predicted octanol–water partition coefficient (Wildman–Crippen LogP) is 4.76. The number of hydrogen-bond donors (Lipinski definition) is 2. The molecule has 7 heteroatoms. The highest BCUT2D eigenvalue weighted by molar-refractivity contribution is 5.74. The van der Waals surface area contributed by atoms with Crippen molar-refractivity contribution >= 4 is 6.03 Å². The summed E-state index contributed by atoms with van der Waals surface area (Å²) in [6.45, 7) is 5.41. The molecule has 0 radical (unpaired) electrons. The molecule has 0 aromatic heterocycles. The molecule has 7 nitrogen and oxygen atoms in total. The Hall–Kier alpha value is -2.77. The van der Waals surface area contributed by atoms with E-state index in [9.17, 15) is 4.79 Å². The van der Waals surface area contributed by atoms with Crippen molar-refractivity contribution in [3.8, 4) is 11.5 Å². The summed E-state index contributed by atoms with van der Waals surface area (Å²) < 4.78 is 10.7. The van der Waals surface area contributed by atoms with Crippen LogP contribution in [0.5, 0.6) is 11.5 Å². The third-order valence-electron chi connectivity index (χ3n) is 7.58. The number of piperidine rings is 2. The van der Waals surface area contributed by atoms with Gasteiger partial charge in [-0.2, -0.15) is 0 Å². The van der Waals surface area contributed by atoms with Gasteiger partial charge in [0.15, 0.2) is 0 Å². The van der Waals surface area contributed by atoms with Crippen LogP contribution in [0.25, 0.3) is 0 Å². The maximum absolute atomic E-state index is 13.0. The quantitative estimate of drug-likeness (QED) is 0.499. The molecule has 2 heterocycles. The first-order valence-corrected chi connectivity index (χ1v) is 13.5. The lowest BCUT2D eigenvalue weighted by molar-refractivity contribution is 0.154. The van der Waals surface area contributed by atoms with Crippen molar-refractivity contribution in [3.05, 3.63) is 59.7 Å². The van der Waals surface area contributed by atoms with Gasteiger partial charge >= 0.3 is 6.03 Å². The molecule has 2 saturated heterocycles. The molecule has 2 amide bonds. The van der Waals surface area contributed by atoms with Gasteiger partial charge in [-0.15, -0.1) is 0 Å². The van der Waals surface area contributed by atoms with Crippen molar-refractivity contribution in [3.63, 3.8) is 0 Å². The number of ether oxygens (including phenoxy) is 2. The van der Waals surface area contributed by atoms with Crippen molar-refractivity contribution < 1.29 is 14.3 Å². The van der Waals surface area contributed by atoms with Crippen LogP contribution in [-0.4, -0.2) is 69.3 Å². The summed E-state index contributed by atoms with van der Waals surface area (Å²) in [6, 6.07) is 16.7. The number of amides is 2. The Morgan fingerprint density at radius 3 is 1.36 bits per heavy atom. The fourth-order valence-electron chi connectivity index (χ4n) is 5.47. The van der Waals surface area contributed by atoms with E-state index in [1.807, 2.05) is 24.3 Å². The third kappa shape index (κ3) is 7.14. The first-order valence-electron chi connectivity index (χ1n) is 13.5. The van der Waals surface area contributed by atoms with Crippen LogP contribution in [0, 0.1) is 0 Å². The molecule has 4 rings (SSSR count). The molecular formula is C29H42N4O3. The minimum absolute atomic E-state index is 0.110. The van der Waals surface area contributed by atoms with Crippen LogP contribution >= 0.6 is 0 Å². The number of carbonyl (C=O) groups is 1. The molecule has 2 fully saturated rings. The van der Waals surface area contributed by atoms with Crippen LogP contribution < -0.4 is 20.1 Å². The smallest absolute Gasteiger partial charge is 0.314 e. The summed E-state index contributed by atoms with van der Waals surface area (Å²) in [5.41, 5.74) is 2.42. The summed E-state index contributed by atoms with van der Waals surface area (Å²) in [5.74, 6) is 1.70. The molecule has 2 atom stereocenters. The van der Waals surface area contributed by atoms with E-state index in [2.05, 4.69) is 44.7 Å². The Morgan fingerprint density at radius 1 is 0.667 bits per heavy atom. The van der Waals surface area contributed by atoms with Gasteiger partial charge in [0.2, 0.25) is 0 Å². The van der Waals surface area contributed by atoms with Gasteiger partial charge in [-0.1, -0.05) is 37.1 Å². The molecule has 2 aliphatic rings. The fraction of sp³-hybridized carbons (Fsp3) is 0.552. The molecule has 196 valence electrons. The first-order chi connectivity index (χ1) is 17.7. The summed E-state index contributed by atoms with van der Waals surface area (Å²) in [5, 5.41) is 6.35. The summed E-state index contributed by atoms with van der Waals surface area (Å²) in [6.07, 6.45) is 7.39. The van der Waals surface area contributed by atoms with Gasteiger partial charge in [0.1, 0.15) is 11.5 Å². The maximum Gasteiger partial charge on any atom is 0.314 e. The highest BCUT2D eigenvalue weighted by Crippen LogP contribution is 2.27. The second-order valence-electron chi connectivity index (χ2n) is 9.86. The Morgan fingerprint density at radius 2 is 1.03 bits per heavy atom. The van der Waals surface area contributed by atoms with Crippen molar-refractivity contribution in [1.82, 2.24) is 20.4 Å². The van der Waals surface area contributed by atoms with E-state index in [1.54, 1.807) is 14.2 Å². The highest BCUT2D eigenvalue weighted by Gasteiger charge is 2.25. The average molecular weight is 495 g/mol. The minimum atomic E-state index is -0.110. The number of benzene rings is 2. The van der Waals surface area contributed by atoms with Gasteiger partial charge in [0, 0.05) is 13.1 Å². The zero-order chi connectivity index (χ0) is 25.2. The monoisotopic (exact) mass is 494 g/mol. The van der Waals surface area contributed by atoms with Gasteiger partial charge in [-0.05, 0) is 87.3 Å². The maximum atomic E-state index is 13.0. The Kier molecular flexibility index (Phi) is 9.87.